The Morgan fingerprint density at radius 2 is 2.31 bits per heavy atom. The standard InChI is InChI=1S/C10H12ClN3O2/c1-13-4-2-3-7-5-10(14(15)16)9(12)6-8(7)11/h2-3,5-6,13H,4,12H2,1H3. The summed E-state index contributed by atoms with van der Waals surface area (Å²) in [7, 11) is 1.80. The van der Waals surface area contributed by atoms with E-state index in [4.69, 9.17) is 17.3 Å². The van der Waals surface area contributed by atoms with Gasteiger partial charge in [0.2, 0.25) is 0 Å². The third-order valence-electron chi connectivity index (χ3n) is 1.96. The van der Waals surface area contributed by atoms with E-state index in [1.165, 1.54) is 12.1 Å². The largest absolute Gasteiger partial charge is 0.393 e. The number of anilines is 1. The Bertz CT molecular complexity index is 432. The first-order valence-corrected chi connectivity index (χ1v) is 4.98. The highest BCUT2D eigenvalue weighted by Gasteiger charge is 2.13. The molecule has 16 heavy (non-hydrogen) atoms. The molecule has 3 N–H and O–H groups in total. The molecule has 1 aromatic rings. The van der Waals surface area contributed by atoms with Gasteiger partial charge in [0.05, 0.1) is 9.95 Å². The van der Waals surface area contributed by atoms with Crippen LogP contribution in [0.4, 0.5) is 11.4 Å². The average Bonchev–Trinajstić information content (AvgIpc) is 2.21. The van der Waals surface area contributed by atoms with Crippen LogP contribution in [0.2, 0.25) is 5.02 Å². The summed E-state index contributed by atoms with van der Waals surface area (Å²) >= 11 is 5.91. The summed E-state index contributed by atoms with van der Waals surface area (Å²) in [5, 5.41) is 14.0. The number of likely N-dealkylation sites (N-methyl/N-ethyl adjacent to an activating group) is 1. The van der Waals surface area contributed by atoms with E-state index in [0.717, 1.165) is 0 Å². The lowest BCUT2D eigenvalue weighted by molar-refractivity contribution is -0.383. The molecule has 0 unspecified atom stereocenters. The molecule has 0 fully saturated rings. The first-order valence-electron chi connectivity index (χ1n) is 4.60. The third-order valence-corrected chi connectivity index (χ3v) is 2.29. The van der Waals surface area contributed by atoms with Gasteiger partial charge in [-0.2, -0.15) is 0 Å². The summed E-state index contributed by atoms with van der Waals surface area (Å²) in [6.07, 6.45) is 3.53. The highest BCUT2D eigenvalue weighted by molar-refractivity contribution is 6.32. The number of hydrogen-bond donors (Lipinski definition) is 2. The van der Waals surface area contributed by atoms with E-state index in [9.17, 15) is 10.1 Å². The number of rotatable bonds is 4. The lowest BCUT2D eigenvalue weighted by atomic mass is 10.1. The number of nitro benzene ring substituents is 1. The van der Waals surface area contributed by atoms with Crippen molar-refractivity contribution in [1.82, 2.24) is 5.32 Å². The fourth-order valence-corrected chi connectivity index (χ4v) is 1.42. The van der Waals surface area contributed by atoms with E-state index in [0.29, 0.717) is 17.1 Å². The predicted molar refractivity (Wildman–Crippen MR) is 65.5 cm³/mol. The second-order valence-electron chi connectivity index (χ2n) is 3.15. The van der Waals surface area contributed by atoms with Crippen molar-refractivity contribution >= 4 is 29.1 Å². The minimum Gasteiger partial charge on any atom is -0.393 e. The zero-order valence-corrected chi connectivity index (χ0v) is 9.49. The monoisotopic (exact) mass is 241 g/mol. The summed E-state index contributed by atoms with van der Waals surface area (Å²) in [4.78, 5) is 10.1. The van der Waals surface area contributed by atoms with E-state index >= 15 is 0 Å². The van der Waals surface area contributed by atoms with E-state index in [1.807, 2.05) is 6.08 Å². The molecule has 1 rings (SSSR count). The van der Waals surface area contributed by atoms with Gasteiger partial charge in [-0.25, -0.2) is 0 Å². The molecule has 0 spiro atoms. The molecule has 0 radical (unpaired) electrons. The van der Waals surface area contributed by atoms with Gasteiger partial charge < -0.3 is 11.1 Å². The lowest BCUT2D eigenvalue weighted by Gasteiger charge is -2.02. The third kappa shape index (κ3) is 2.95. The average molecular weight is 242 g/mol. The quantitative estimate of drug-likeness (QED) is 0.480. The van der Waals surface area contributed by atoms with E-state index < -0.39 is 4.92 Å². The van der Waals surface area contributed by atoms with Crippen LogP contribution in [0.5, 0.6) is 0 Å². The number of hydrogen-bond acceptors (Lipinski definition) is 4. The number of nitrogens with one attached hydrogen (secondary N) is 1. The molecule has 0 amide bonds. The van der Waals surface area contributed by atoms with Gasteiger partial charge in [-0.05, 0) is 18.7 Å². The zero-order chi connectivity index (χ0) is 12.1. The predicted octanol–water partition coefficient (Wildman–Crippen LogP) is 2.06. The van der Waals surface area contributed by atoms with Gasteiger partial charge in [-0.3, -0.25) is 10.1 Å². The number of halogens is 1. The number of nitrogen functional groups attached to an aromatic ring is 1. The molecule has 6 heteroatoms. The molecule has 1 aromatic carbocycles. The molecule has 0 atom stereocenters. The van der Waals surface area contributed by atoms with Gasteiger partial charge >= 0.3 is 0 Å². The van der Waals surface area contributed by atoms with Crippen molar-refractivity contribution in [2.45, 2.75) is 0 Å². The van der Waals surface area contributed by atoms with E-state index in [2.05, 4.69) is 5.32 Å². The van der Waals surface area contributed by atoms with Crippen LogP contribution < -0.4 is 11.1 Å². The smallest absolute Gasteiger partial charge is 0.292 e. The maximum absolute atomic E-state index is 10.7. The molecular formula is C10H12ClN3O2. The van der Waals surface area contributed by atoms with Crippen molar-refractivity contribution in [3.63, 3.8) is 0 Å². The van der Waals surface area contributed by atoms with Crippen LogP contribution in [0.25, 0.3) is 6.08 Å². The van der Waals surface area contributed by atoms with Gasteiger partial charge in [-0.15, -0.1) is 0 Å². The molecule has 86 valence electrons. The highest BCUT2D eigenvalue weighted by atomic mass is 35.5. The van der Waals surface area contributed by atoms with Crippen LogP contribution in [0, 0.1) is 10.1 Å². The Labute approximate surface area is 98.0 Å². The summed E-state index contributed by atoms with van der Waals surface area (Å²) in [5.74, 6) is 0. The maximum Gasteiger partial charge on any atom is 0.292 e. The molecule has 0 aliphatic rings. The summed E-state index contributed by atoms with van der Waals surface area (Å²) in [6.45, 7) is 0.661. The topological polar surface area (TPSA) is 81.2 Å². The maximum atomic E-state index is 10.7. The van der Waals surface area contributed by atoms with Gasteiger partial charge in [0.1, 0.15) is 5.69 Å². The minimum atomic E-state index is -0.527. The van der Waals surface area contributed by atoms with E-state index in [1.54, 1.807) is 13.1 Å². The molecule has 0 bridgehead atoms. The number of nitro groups is 1. The summed E-state index contributed by atoms with van der Waals surface area (Å²) in [6, 6.07) is 2.75. The van der Waals surface area contributed by atoms with Crippen molar-refractivity contribution in [3.8, 4) is 0 Å². The van der Waals surface area contributed by atoms with Crippen LogP contribution in [0.3, 0.4) is 0 Å². The summed E-state index contributed by atoms with van der Waals surface area (Å²) < 4.78 is 0. The Hall–Kier alpha value is -1.59. The molecule has 0 aromatic heterocycles. The first kappa shape index (κ1) is 12.5. The van der Waals surface area contributed by atoms with Crippen LogP contribution in [-0.4, -0.2) is 18.5 Å². The number of nitrogens with zero attached hydrogens (tertiary/aromatic N) is 1. The van der Waals surface area contributed by atoms with Crippen molar-refractivity contribution in [1.29, 1.82) is 0 Å². The summed E-state index contributed by atoms with van der Waals surface area (Å²) in [5.41, 5.74) is 6.00. The second-order valence-corrected chi connectivity index (χ2v) is 3.56. The Morgan fingerprint density at radius 1 is 1.62 bits per heavy atom. The molecule has 0 aliphatic carbocycles. The minimum absolute atomic E-state index is 0.0702. The number of benzene rings is 1. The van der Waals surface area contributed by atoms with Gasteiger partial charge in [0, 0.05) is 12.6 Å². The van der Waals surface area contributed by atoms with Crippen LogP contribution >= 0.6 is 11.6 Å². The SMILES string of the molecule is CNCC=Cc1cc([N+](=O)[O-])c(N)cc1Cl. The molecule has 0 saturated heterocycles. The Balaban J connectivity index is 3.09. The lowest BCUT2D eigenvalue weighted by Crippen LogP contribution is -2.03. The van der Waals surface area contributed by atoms with Crippen molar-refractivity contribution < 1.29 is 4.92 Å². The Kier molecular flexibility index (Phi) is 4.28. The Morgan fingerprint density at radius 3 is 2.88 bits per heavy atom. The van der Waals surface area contributed by atoms with Gasteiger partial charge in [-0.1, -0.05) is 23.8 Å². The van der Waals surface area contributed by atoms with Crippen LogP contribution in [0.15, 0.2) is 18.2 Å². The fourth-order valence-electron chi connectivity index (χ4n) is 1.18. The molecule has 0 saturated carbocycles. The zero-order valence-electron chi connectivity index (χ0n) is 8.74. The van der Waals surface area contributed by atoms with E-state index in [-0.39, 0.29) is 11.4 Å². The second kappa shape index (κ2) is 5.48. The fraction of sp³-hybridized carbons (Fsp3) is 0.200. The van der Waals surface area contributed by atoms with Crippen molar-refractivity contribution in [2.75, 3.05) is 19.3 Å². The van der Waals surface area contributed by atoms with Gasteiger partial charge in [0.15, 0.2) is 0 Å². The van der Waals surface area contributed by atoms with Crippen molar-refractivity contribution in [2.24, 2.45) is 0 Å². The van der Waals surface area contributed by atoms with Crippen molar-refractivity contribution in [3.05, 3.63) is 38.9 Å². The van der Waals surface area contributed by atoms with Crippen LogP contribution in [0.1, 0.15) is 5.56 Å². The van der Waals surface area contributed by atoms with Gasteiger partial charge in [0.25, 0.3) is 5.69 Å². The van der Waals surface area contributed by atoms with Crippen LogP contribution in [-0.2, 0) is 0 Å². The first-order chi connectivity index (χ1) is 7.56. The highest BCUT2D eigenvalue weighted by Crippen LogP contribution is 2.29. The normalized spacial score (nSPS) is 10.9. The number of nitrogens with two attached hydrogens (primary N) is 1. The molecule has 0 heterocycles. The molecule has 0 aliphatic heterocycles. The molecular weight excluding hydrogens is 230 g/mol. The molecule has 5 nitrogen and oxygen atoms in total.